The Balaban J connectivity index is 2.41. The Labute approximate surface area is 102 Å². The van der Waals surface area contributed by atoms with Crippen LogP contribution in [0.4, 0.5) is 0 Å². The molecule has 0 saturated heterocycles. The van der Waals surface area contributed by atoms with Gasteiger partial charge in [0.2, 0.25) is 0 Å². The van der Waals surface area contributed by atoms with Crippen molar-refractivity contribution in [3.63, 3.8) is 0 Å². The summed E-state index contributed by atoms with van der Waals surface area (Å²) in [4.78, 5) is 2.63. The van der Waals surface area contributed by atoms with Crippen LogP contribution in [0.3, 0.4) is 0 Å². The molecule has 0 radical (unpaired) electrons. The van der Waals surface area contributed by atoms with Crippen LogP contribution in [-0.2, 0) is 0 Å². The largest absolute Gasteiger partial charge is 0.330 e. The molecule has 0 atom stereocenters. The van der Waals surface area contributed by atoms with E-state index in [1.165, 1.54) is 51.7 Å². The molecule has 1 aliphatic carbocycles. The predicted molar refractivity (Wildman–Crippen MR) is 71.5 cm³/mol. The maximum atomic E-state index is 5.94. The number of hydrogen-bond donors (Lipinski definition) is 1. The van der Waals surface area contributed by atoms with E-state index in [1.54, 1.807) is 0 Å². The molecule has 2 nitrogen and oxygen atoms in total. The molecule has 0 unspecified atom stereocenters. The highest BCUT2D eigenvalue weighted by Gasteiger charge is 2.36. The highest BCUT2D eigenvalue weighted by Crippen LogP contribution is 2.40. The molecule has 0 amide bonds. The Hall–Kier alpha value is -0.0800. The molecule has 0 aromatic carbocycles. The normalized spacial score (nSPS) is 19.1. The van der Waals surface area contributed by atoms with Gasteiger partial charge in [-0.2, -0.15) is 0 Å². The molecule has 0 spiro atoms. The van der Waals surface area contributed by atoms with Crippen LogP contribution >= 0.6 is 0 Å². The summed E-state index contributed by atoms with van der Waals surface area (Å²) in [6, 6.07) is 0. The van der Waals surface area contributed by atoms with E-state index in [4.69, 9.17) is 5.73 Å². The first-order valence-electron chi connectivity index (χ1n) is 7.12. The lowest BCUT2D eigenvalue weighted by atomic mass is 9.68. The second kappa shape index (κ2) is 6.61. The molecule has 0 aliphatic heterocycles. The third-order valence-corrected chi connectivity index (χ3v) is 4.52. The third kappa shape index (κ3) is 3.46. The quantitative estimate of drug-likeness (QED) is 0.689. The summed E-state index contributed by atoms with van der Waals surface area (Å²) in [5, 5.41) is 0. The van der Waals surface area contributed by atoms with E-state index in [2.05, 4.69) is 25.7 Å². The van der Waals surface area contributed by atoms with Crippen molar-refractivity contribution in [1.29, 1.82) is 0 Å². The molecule has 0 aromatic rings. The van der Waals surface area contributed by atoms with Crippen LogP contribution in [0.15, 0.2) is 0 Å². The lowest BCUT2D eigenvalue weighted by Gasteiger charge is -2.45. The molecule has 2 N–H and O–H groups in total. The predicted octanol–water partition coefficient (Wildman–Crippen LogP) is 2.87. The second-order valence-electron chi connectivity index (χ2n) is 5.57. The van der Waals surface area contributed by atoms with E-state index in [-0.39, 0.29) is 0 Å². The molecule has 0 aromatic heterocycles. The van der Waals surface area contributed by atoms with Crippen molar-refractivity contribution in [1.82, 2.24) is 4.90 Å². The van der Waals surface area contributed by atoms with E-state index in [1.807, 2.05) is 0 Å². The average molecular weight is 226 g/mol. The summed E-state index contributed by atoms with van der Waals surface area (Å²) in [6.45, 7) is 11.5. The van der Waals surface area contributed by atoms with Gasteiger partial charge in [0, 0.05) is 13.1 Å². The summed E-state index contributed by atoms with van der Waals surface area (Å²) in [6.07, 6.45) is 6.71. The molecule has 2 heteroatoms. The minimum Gasteiger partial charge on any atom is -0.330 e. The van der Waals surface area contributed by atoms with Crippen molar-refractivity contribution in [3.05, 3.63) is 0 Å². The van der Waals surface area contributed by atoms with Crippen LogP contribution in [0.5, 0.6) is 0 Å². The van der Waals surface area contributed by atoms with Gasteiger partial charge in [-0.15, -0.1) is 0 Å². The summed E-state index contributed by atoms with van der Waals surface area (Å²) >= 11 is 0. The van der Waals surface area contributed by atoms with Gasteiger partial charge in [0.15, 0.2) is 0 Å². The molecule has 1 fully saturated rings. The molecule has 1 saturated carbocycles. The lowest BCUT2D eigenvalue weighted by molar-refractivity contribution is 0.0681. The SMILES string of the molecule is CCC(CC)CN(CC)CC1(CN)CCC1. The van der Waals surface area contributed by atoms with Crippen LogP contribution in [-0.4, -0.2) is 31.1 Å². The molecular weight excluding hydrogens is 196 g/mol. The maximum Gasteiger partial charge on any atom is 0.00501 e. The van der Waals surface area contributed by atoms with Gasteiger partial charge in [-0.25, -0.2) is 0 Å². The first kappa shape index (κ1) is 14.0. The Bertz CT molecular complexity index is 178. The average Bonchev–Trinajstić information content (AvgIpc) is 2.28. The number of nitrogens with zero attached hydrogens (tertiary/aromatic N) is 1. The standard InChI is InChI=1S/C14H30N2/c1-4-13(5-2)10-16(6-3)12-14(11-15)8-7-9-14/h13H,4-12,15H2,1-3H3. The van der Waals surface area contributed by atoms with Gasteiger partial charge >= 0.3 is 0 Å². The Morgan fingerprint density at radius 1 is 1.19 bits per heavy atom. The fourth-order valence-electron chi connectivity index (χ4n) is 2.80. The van der Waals surface area contributed by atoms with Gasteiger partial charge in [0.1, 0.15) is 0 Å². The van der Waals surface area contributed by atoms with Crippen molar-refractivity contribution in [2.75, 3.05) is 26.2 Å². The van der Waals surface area contributed by atoms with Crippen LogP contribution in [0.1, 0.15) is 52.9 Å². The zero-order chi connectivity index (χ0) is 12.0. The number of nitrogens with two attached hydrogens (primary N) is 1. The zero-order valence-corrected chi connectivity index (χ0v) is 11.5. The molecule has 16 heavy (non-hydrogen) atoms. The highest BCUT2D eigenvalue weighted by atomic mass is 15.1. The van der Waals surface area contributed by atoms with Crippen molar-refractivity contribution in [2.24, 2.45) is 17.1 Å². The molecule has 0 bridgehead atoms. The zero-order valence-electron chi connectivity index (χ0n) is 11.5. The van der Waals surface area contributed by atoms with Crippen LogP contribution < -0.4 is 5.73 Å². The summed E-state index contributed by atoms with van der Waals surface area (Å²) < 4.78 is 0. The van der Waals surface area contributed by atoms with Gasteiger partial charge in [-0.3, -0.25) is 0 Å². The van der Waals surface area contributed by atoms with Gasteiger partial charge in [0.25, 0.3) is 0 Å². The molecular formula is C14H30N2. The van der Waals surface area contributed by atoms with E-state index in [0.717, 1.165) is 12.5 Å². The van der Waals surface area contributed by atoms with Gasteiger partial charge in [-0.1, -0.05) is 40.0 Å². The maximum absolute atomic E-state index is 5.94. The first-order chi connectivity index (χ1) is 7.69. The Kier molecular flexibility index (Phi) is 5.77. The third-order valence-electron chi connectivity index (χ3n) is 4.52. The van der Waals surface area contributed by atoms with Gasteiger partial charge in [0.05, 0.1) is 0 Å². The number of hydrogen-bond acceptors (Lipinski definition) is 2. The summed E-state index contributed by atoms with van der Waals surface area (Å²) in [5.74, 6) is 0.870. The smallest absolute Gasteiger partial charge is 0.00501 e. The number of rotatable bonds is 8. The summed E-state index contributed by atoms with van der Waals surface area (Å²) in [5.41, 5.74) is 6.42. The second-order valence-corrected chi connectivity index (χ2v) is 5.57. The molecule has 1 rings (SSSR count). The van der Waals surface area contributed by atoms with E-state index < -0.39 is 0 Å². The van der Waals surface area contributed by atoms with Crippen molar-refractivity contribution >= 4 is 0 Å². The van der Waals surface area contributed by atoms with E-state index >= 15 is 0 Å². The van der Waals surface area contributed by atoms with Crippen LogP contribution in [0, 0.1) is 11.3 Å². The van der Waals surface area contributed by atoms with Crippen LogP contribution in [0.25, 0.3) is 0 Å². The molecule has 0 heterocycles. The molecule has 96 valence electrons. The monoisotopic (exact) mass is 226 g/mol. The topological polar surface area (TPSA) is 29.3 Å². The fraction of sp³-hybridized carbons (Fsp3) is 1.00. The Morgan fingerprint density at radius 2 is 1.81 bits per heavy atom. The fourth-order valence-corrected chi connectivity index (χ4v) is 2.80. The van der Waals surface area contributed by atoms with E-state index in [0.29, 0.717) is 5.41 Å². The minimum atomic E-state index is 0.474. The van der Waals surface area contributed by atoms with E-state index in [9.17, 15) is 0 Å². The van der Waals surface area contributed by atoms with Crippen molar-refractivity contribution in [2.45, 2.75) is 52.9 Å². The first-order valence-corrected chi connectivity index (χ1v) is 7.12. The highest BCUT2D eigenvalue weighted by molar-refractivity contribution is 4.91. The Morgan fingerprint density at radius 3 is 2.12 bits per heavy atom. The van der Waals surface area contributed by atoms with Crippen LogP contribution in [0.2, 0.25) is 0 Å². The van der Waals surface area contributed by atoms with Gasteiger partial charge in [-0.05, 0) is 37.3 Å². The van der Waals surface area contributed by atoms with Crippen molar-refractivity contribution < 1.29 is 0 Å². The summed E-state index contributed by atoms with van der Waals surface area (Å²) in [7, 11) is 0. The van der Waals surface area contributed by atoms with Gasteiger partial charge < -0.3 is 10.6 Å². The van der Waals surface area contributed by atoms with Crippen molar-refractivity contribution in [3.8, 4) is 0 Å². The minimum absolute atomic E-state index is 0.474. The lowest BCUT2D eigenvalue weighted by Crippen LogP contribution is -2.48. The molecule has 1 aliphatic rings.